The monoisotopic (exact) mass is 489 g/mol. The SMILES string of the molecule is C[C@H](Oc1cc(-c2cnn(C3CC4(CCCNC4)C3)c2)cnc1N)c1c(Cl)ccc(F)c1Cl. The molecule has 1 spiro atoms. The van der Waals surface area contributed by atoms with E-state index in [0.717, 1.165) is 37.1 Å². The van der Waals surface area contributed by atoms with Gasteiger partial charge >= 0.3 is 0 Å². The van der Waals surface area contributed by atoms with Gasteiger partial charge in [-0.05, 0) is 62.8 Å². The lowest BCUT2D eigenvalue weighted by molar-refractivity contribution is 0.0292. The van der Waals surface area contributed by atoms with Crippen LogP contribution in [-0.4, -0.2) is 27.9 Å². The molecule has 2 aliphatic rings. The summed E-state index contributed by atoms with van der Waals surface area (Å²) in [4.78, 5) is 4.29. The molecule has 0 radical (unpaired) electrons. The highest BCUT2D eigenvalue weighted by molar-refractivity contribution is 6.36. The van der Waals surface area contributed by atoms with Crippen LogP contribution in [0.4, 0.5) is 10.2 Å². The molecule has 1 saturated carbocycles. The van der Waals surface area contributed by atoms with E-state index in [-0.39, 0.29) is 10.8 Å². The zero-order chi connectivity index (χ0) is 23.2. The van der Waals surface area contributed by atoms with E-state index in [2.05, 4.69) is 26.3 Å². The number of aromatic nitrogens is 3. The Morgan fingerprint density at radius 3 is 2.85 bits per heavy atom. The molecule has 1 atom stereocenters. The van der Waals surface area contributed by atoms with Gasteiger partial charge in [-0.1, -0.05) is 23.2 Å². The average Bonchev–Trinajstić information content (AvgIpc) is 3.27. The molecule has 33 heavy (non-hydrogen) atoms. The molecule has 1 aliphatic heterocycles. The van der Waals surface area contributed by atoms with Gasteiger partial charge in [-0.15, -0.1) is 0 Å². The summed E-state index contributed by atoms with van der Waals surface area (Å²) >= 11 is 12.4. The Labute approximate surface area is 202 Å². The largest absolute Gasteiger partial charge is 0.482 e. The van der Waals surface area contributed by atoms with Crippen molar-refractivity contribution < 1.29 is 9.13 Å². The molecule has 1 aliphatic carbocycles. The molecule has 0 unspecified atom stereocenters. The standard InChI is InChI=1S/C24H26Cl2FN5O/c1-14(21-18(25)3-4-19(27)22(21)26)33-20-7-15(10-30-23(20)28)16-11-31-32(12-16)17-8-24(9-17)5-2-6-29-13-24/h3-4,7,10-12,14,17,29H,2,5-6,8-9,13H2,1H3,(H2,28,30)/t14-,17?,24?/m0/s1. The lowest BCUT2D eigenvalue weighted by Gasteiger charge is -2.50. The molecule has 2 fully saturated rings. The molecule has 9 heteroatoms. The van der Waals surface area contributed by atoms with E-state index >= 15 is 0 Å². The van der Waals surface area contributed by atoms with Crippen LogP contribution in [0.15, 0.2) is 36.8 Å². The minimum Gasteiger partial charge on any atom is -0.482 e. The van der Waals surface area contributed by atoms with Gasteiger partial charge in [0.1, 0.15) is 11.9 Å². The highest BCUT2D eigenvalue weighted by atomic mass is 35.5. The van der Waals surface area contributed by atoms with Crippen LogP contribution in [0, 0.1) is 11.2 Å². The molecular weight excluding hydrogens is 464 g/mol. The molecule has 6 nitrogen and oxygen atoms in total. The van der Waals surface area contributed by atoms with E-state index in [1.54, 1.807) is 13.1 Å². The number of ether oxygens (including phenoxy) is 1. The molecule has 3 aromatic rings. The Balaban J connectivity index is 1.33. The van der Waals surface area contributed by atoms with E-state index in [0.29, 0.717) is 27.8 Å². The fourth-order valence-electron chi connectivity index (χ4n) is 5.06. The summed E-state index contributed by atoms with van der Waals surface area (Å²) in [5, 5.41) is 8.39. The Morgan fingerprint density at radius 1 is 1.27 bits per heavy atom. The van der Waals surface area contributed by atoms with Gasteiger partial charge in [-0.2, -0.15) is 5.10 Å². The van der Waals surface area contributed by atoms with Crippen LogP contribution in [0.2, 0.25) is 10.0 Å². The van der Waals surface area contributed by atoms with E-state index in [4.69, 9.17) is 33.7 Å². The second-order valence-corrected chi connectivity index (χ2v) is 9.96. The zero-order valence-corrected chi connectivity index (χ0v) is 19.8. The van der Waals surface area contributed by atoms with Gasteiger partial charge in [0.05, 0.1) is 17.3 Å². The maximum absolute atomic E-state index is 13.9. The normalized spacial score (nSPS) is 23.3. The minimum atomic E-state index is -0.627. The third kappa shape index (κ3) is 4.29. The number of rotatable bonds is 5. The van der Waals surface area contributed by atoms with Gasteiger partial charge in [-0.3, -0.25) is 4.68 Å². The van der Waals surface area contributed by atoms with Crippen molar-refractivity contribution >= 4 is 29.0 Å². The van der Waals surface area contributed by atoms with Gasteiger partial charge in [0.2, 0.25) is 0 Å². The van der Waals surface area contributed by atoms with Crippen molar-refractivity contribution in [2.24, 2.45) is 5.41 Å². The second kappa shape index (κ2) is 8.78. The van der Waals surface area contributed by atoms with Crippen LogP contribution in [0.25, 0.3) is 11.1 Å². The number of halogens is 3. The van der Waals surface area contributed by atoms with Gasteiger partial charge in [0.15, 0.2) is 11.6 Å². The number of piperidine rings is 1. The summed E-state index contributed by atoms with van der Waals surface area (Å²) in [5.74, 6) is 0.0490. The lowest BCUT2D eigenvalue weighted by atomic mass is 9.62. The van der Waals surface area contributed by atoms with Crippen molar-refractivity contribution in [2.45, 2.75) is 44.8 Å². The fourth-order valence-corrected chi connectivity index (χ4v) is 5.74. The molecule has 3 heterocycles. The maximum atomic E-state index is 13.9. The number of pyridine rings is 1. The number of nitrogens with one attached hydrogen (secondary N) is 1. The third-order valence-corrected chi connectivity index (χ3v) is 7.59. The van der Waals surface area contributed by atoms with Crippen molar-refractivity contribution in [3.05, 3.63) is 58.2 Å². The summed E-state index contributed by atoms with van der Waals surface area (Å²) in [6.45, 7) is 3.98. The quantitative estimate of drug-likeness (QED) is 0.441. The Morgan fingerprint density at radius 2 is 2.09 bits per heavy atom. The van der Waals surface area contributed by atoms with Crippen LogP contribution in [0.1, 0.15) is 50.3 Å². The molecule has 0 bridgehead atoms. The molecule has 174 valence electrons. The minimum absolute atomic E-state index is 0.0644. The Bertz CT molecular complexity index is 1170. The van der Waals surface area contributed by atoms with Crippen LogP contribution in [-0.2, 0) is 0 Å². The van der Waals surface area contributed by atoms with Gasteiger partial charge < -0.3 is 15.8 Å². The van der Waals surface area contributed by atoms with E-state index in [1.807, 2.05) is 12.3 Å². The first-order valence-electron chi connectivity index (χ1n) is 11.2. The number of benzene rings is 1. The van der Waals surface area contributed by atoms with Crippen molar-refractivity contribution in [1.82, 2.24) is 20.1 Å². The molecule has 5 rings (SSSR count). The summed E-state index contributed by atoms with van der Waals surface area (Å²) in [6, 6.07) is 4.92. The maximum Gasteiger partial charge on any atom is 0.166 e. The topological polar surface area (TPSA) is 78.0 Å². The summed E-state index contributed by atoms with van der Waals surface area (Å²) < 4.78 is 22.0. The average molecular weight is 490 g/mol. The lowest BCUT2D eigenvalue weighted by Crippen LogP contribution is -2.49. The number of nitrogen functional groups attached to an aromatic ring is 1. The van der Waals surface area contributed by atoms with Crippen molar-refractivity contribution in [3.63, 3.8) is 0 Å². The number of nitrogens with zero attached hydrogens (tertiary/aromatic N) is 3. The number of hydrogen-bond acceptors (Lipinski definition) is 5. The van der Waals surface area contributed by atoms with Gasteiger partial charge in [0.25, 0.3) is 0 Å². The molecule has 3 N–H and O–H groups in total. The first-order valence-corrected chi connectivity index (χ1v) is 11.9. The predicted octanol–water partition coefficient (Wildman–Crippen LogP) is 5.82. The van der Waals surface area contributed by atoms with E-state index in [1.165, 1.54) is 25.0 Å². The van der Waals surface area contributed by atoms with Gasteiger partial charge in [-0.25, -0.2) is 9.37 Å². The highest BCUT2D eigenvalue weighted by Crippen LogP contribution is 2.52. The van der Waals surface area contributed by atoms with Crippen molar-refractivity contribution in [2.75, 3.05) is 18.8 Å². The van der Waals surface area contributed by atoms with Gasteiger partial charge in [0, 0.05) is 40.7 Å². The smallest absolute Gasteiger partial charge is 0.166 e. The molecule has 1 saturated heterocycles. The van der Waals surface area contributed by atoms with Crippen molar-refractivity contribution in [3.8, 4) is 16.9 Å². The second-order valence-electron chi connectivity index (χ2n) is 9.18. The first-order chi connectivity index (χ1) is 15.8. The molecule has 1 aromatic carbocycles. The molecule has 2 aromatic heterocycles. The van der Waals surface area contributed by atoms with Crippen molar-refractivity contribution in [1.29, 1.82) is 0 Å². The van der Waals surface area contributed by atoms with Crippen LogP contribution in [0.3, 0.4) is 0 Å². The van der Waals surface area contributed by atoms with Crippen LogP contribution < -0.4 is 15.8 Å². The molecular formula is C24H26Cl2FN5O. The Hall–Kier alpha value is -2.35. The van der Waals surface area contributed by atoms with E-state index < -0.39 is 11.9 Å². The van der Waals surface area contributed by atoms with E-state index in [9.17, 15) is 4.39 Å². The van der Waals surface area contributed by atoms with Crippen LogP contribution in [0.5, 0.6) is 5.75 Å². The van der Waals surface area contributed by atoms with Crippen LogP contribution >= 0.6 is 23.2 Å². The molecule has 0 amide bonds. The number of nitrogens with two attached hydrogens (primary N) is 1. The number of hydrogen-bond donors (Lipinski definition) is 2. The Kier molecular flexibility index (Phi) is 5.97. The predicted molar refractivity (Wildman–Crippen MR) is 128 cm³/mol. The summed E-state index contributed by atoms with van der Waals surface area (Å²) in [6.07, 6.45) is 9.82. The first kappa shape index (κ1) is 22.4. The fraction of sp³-hybridized carbons (Fsp3) is 0.417. The summed E-state index contributed by atoms with van der Waals surface area (Å²) in [7, 11) is 0. The number of anilines is 1. The zero-order valence-electron chi connectivity index (χ0n) is 18.3. The summed E-state index contributed by atoms with van der Waals surface area (Å²) in [5.41, 5.74) is 8.64. The third-order valence-electron chi connectivity index (χ3n) is 6.88. The highest BCUT2D eigenvalue weighted by Gasteiger charge is 2.45.